The van der Waals surface area contributed by atoms with Gasteiger partial charge in [0.25, 0.3) is 5.91 Å². The first kappa shape index (κ1) is 38.7. The van der Waals surface area contributed by atoms with Crippen LogP contribution in [0.1, 0.15) is 138 Å². The number of nitrogens with zero attached hydrogens (tertiary/aromatic N) is 1. The summed E-state index contributed by atoms with van der Waals surface area (Å²) in [6.07, 6.45) is 12.4. The fourth-order valence-corrected chi connectivity index (χ4v) is 13.8. The minimum Gasteiger partial charge on any atom is -0.478 e. The van der Waals surface area contributed by atoms with Crippen LogP contribution in [0.2, 0.25) is 0 Å². The van der Waals surface area contributed by atoms with E-state index in [1.54, 1.807) is 12.1 Å². The van der Waals surface area contributed by atoms with E-state index >= 15 is 0 Å². The first-order valence-electron chi connectivity index (χ1n) is 20.6. The summed E-state index contributed by atoms with van der Waals surface area (Å²) in [6, 6.07) is 10.6. The topological polar surface area (TPSA) is 129 Å². The number of aliphatic hydroxyl groups excluding tert-OH is 1. The summed E-state index contributed by atoms with van der Waals surface area (Å²) in [4.78, 5) is 42.9. The average molecular weight is 738 g/mol. The van der Waals surface area contributed by atoms with E-state index in [9.17, 15) is 19.5 Å². The van der Waals surface area contributed by atoms with E-state index in [2.05, 4.69) is 63.7 Å². The molecule has 5 fully saturated rings. The molecule has 0 bridgehead atoms. The van der Waals surface area contributed by atoms with E-state index in [1.165, 1.54) is 43.5 Å². The Kier molecular flexibility index (Phi) is 9.97. The molecule has 8 heteroatoms. The van der Waals surface area contributed by atoms with Gasteiger partial charge in [-0.25, -0.2) is 4.79 Å². The average Bonchev–Trinajstić information content (AvgIpc) is 3.54. The van der Waals surface area contributed by atoms with Crippen molar-refractivity contribution in [2.45, 2.75) is 125 Å². The van der Waals surface area contributed by atoms with E-state index in [-0.39, 0.29) is 57.1 Å². The van der Waals surface area contributed by atoms with Crippen LogP contribution < -0.4 is 10.6 Å². The lowest BCUT2D eigenvalue weighted by Gasteiger charge is -2.72. The number of allylic oxidation sites excluding steroid dienone is 1. The fraction of sp³-hybridized carbons (Fsp3) is 0.652. The van der Waals surface area contributed by atoms with Crippen molar-refractivity contribution in [3.8, 4) is 0 Å². The summed E-state index contributed by atoms with van der Waals surface area (Å²) in [5.74, 6) is 1.23. The lowest BCUT2D eigenvalue weighted by atomic mass is 9.32. The van der Waals surface area contributed by atoms with Crippen LogP contribution in [-0.2, 0) is 17.8 Å². The van der Waals surface area contributed by atoms with Crippen LogP contribution in [0.25, 0.3) is 0 Å². The Morgan fingerprint density at radius 1 is 0.852 bits per heavy atom. The maximum Gasteiger partial charge on any atom is 0.337 e. The molecule has 8 nitrogen and oxygen atoms in total. The smallest absolute Gasteiger partial charge is 0.337 e. The molecule has 10 atom stereocenters. The second-order valence-electron chi connectivity index (χ2n) is 19.5. The molecule has 0 spiro atoms. The SMILES string of the molecule is C=C(C)[C@@H]1CC[C@]2(C(=O)NCCc3cccc(C(=O)NCc4ccc(C(=O)O)cn4)c3)CC[C@]3(C)C(CCC4[C@@]5(C)CC[C@H](O)C(C)(C)C5CC[C@]43C)C12. The lowest BCUT2D eigenvalue weighted by Crippen LogP contribution is -2.67. The number of carbonyl (C=O) groups excluding carboxylic acids is 2. The first-order chi connectivity index (χ1) is 25.5. The highest BCUT2D eigenvalue weighted by atomic mass is 16.4. The predicted molar refractivity (Wildman–Crippen MR) is 210 cm³/mol. The molecule has 292 valence electrons. The lowest BCUT2D eigenvalue weighted by molar-refractivity contribution is -0.246. The number of carboxylic acids is 1. The van der Waals surface area contributed by atoms with Gasteiger partial charge in [0.1, 0.15) is 0 Å². The molecule has 5 saturated carbocycles. The van der Waals surface area contributed by atoms with E-state index < -0.39 is 5.97 Å². The van der Waals surface area contributed by atoms with Crippen molar-refractivity contribution < 1.29 is 24.6 Å². The zero-order chi connectivity index (χ0) is 38.8. The summed E-state index contributed by atoms with van der Waals surface area (Å²) in [7, 11) is 0. The molecule has 54 heavy (non-hydrogen) atoms. The Morgan fingerprint density at radius 3 is 2.33 bits per heavy atom. The largest absolute Gasteiger partial charge is 0.478 e. The number of rotatable bonds is 9. The highest BCUT2D eigenvalue weighted by molar-refractivity contribution is 5.94. The Hall–Kier alpha value is -3.52. The number of hydrogen-bond acceptors (Lipinski definition) is 5. The summed E-state index contributed by atoms with van der Waals surface area (Å²) < 4.78 is 0. The molecule has 2 amide bonds. The van der Waals surface area contributed by atoms with Gasteiger partial charge < -0.3 is 20.8 Å². The van der Waals surface area contributed by atoms with E-state index in [1.807, 2.05) is 18.2 Å². The molecule has 0 saturated heterocycles. The minimum atomic E-state index is -1.04. The van der Waals surface area contributed by atoms with Crippen molar-refractivity contribution in [2.24, 2.45) is 56.7 Å². The van der Waals surface area contributed by atoms with Gasteiger partial charge in [0.2, 0.25) is 5.91 Å². The van der Waals surface area contributed by atoms with Gasteiger partial charge in [-0.15, -0.1) is 0 Å². The summed E-state index contributed by atoms with van der Waals surface area (Å²) >= 11 is 0. The van der Waals surface area contributed by atoms with E-state index in [0.717, 1.165) is 44.1 Å². The van der Waals surface area contributed by atoms with Crippen LogP contribution in [0.3, 0.4) is 0 Å². The molecular formula is C46H63N3O5. The molecule has 4 unspecified atom stereocenters. The number of nitrogens with one attached hydrogen (secondary N) is 2. The van der Waals surface area contributed by atoms with Gasteiger partial charge in [-0.05, 0) is 159 Å². The third-order valence-corrected chi connectivity index (χ3v) is 16.9. The quantitative estimate of drug-likeness (QED) is 0.192. The standard InChI is InChI=1S/C46H63N3O5/c1-28(2)33-15-21-46(41(54)47-24-18-29-9-8-10-30(25-29)39(51)49-27-32-12-11-31(26-48-32)40(52)53)23-22-44(6)34(38(33)46)13-14-36-43(5)19-17-37(50)42(3,4)35(43)16-20-45(36,44)7/h8-12,25-26,33-38,50H,1,13-24,27H2,2-7H3,(H,47,54)(H,49,51)(H,52,53)/t33-,34?,35?,36?,37-,38?,43-,44+,45+,46-/m0/s1. The van der Waals surface area contributed by atoms with Gasteiger partial charge in [-0.1, -0.05) is 58.9 Å². The molecule has 2 aromatic rings. The molecule has 5 aliphatic carbocycles. The number of amides is 2. The normalized spacial score (nSPS) is 37.8. The number of benzene rings is 1. The number of aromatic nitrogens is 1. The third kappa shape index (κ3) is 6.04. The van der Waals surface area contributed by atoms with Gasteiger partial charge in [-0.2, -0.15) is 0 Å². The molecule has 7 rings (SSSR count). The summed E-state index contributed by atoms with van der Waals surface area (Å²) in [5.41, 5.74) is 3.55. The van der Waals surface area contributed by atoms with Crippen LogP contribution in [0, 0.1) is 56.7 Å². The highest BCUT2D eigenvalue weighted by Crippen LogP contribution is 2.77. The van der Waals surface area contributed by atoms with Crippen molar-refractivity contribution in [2.75, 3.05) is 6.54 Å². The first-order valence-corrected chi connectivity index (χ1v) is 20.6. The third-order valence-electron chi connectivity index (χ3n) is 16.9. The van der Waals surface area contributed by atoms with Crippen molar-refractivity contribution >= 4 is 17.8 Å². The maximum absolute atomic E-state index is 14.6. The molecule has 0 aliphatic heterocycles. The molecule has 5 aliphatic rings. The van der Waals surface area contributed by atoms with E-state index in [0.29, 0.717) is 53.8 Å². The van der Waals surface area contributed by atoms with Gasteiger partial charge in [0.05, 0.1) is 29.3 Å². The van der Waals surface area contributed by atoms with E-state index in [4.69, 9.17) is 5.11 Å². The number of carboxylic acid groups (broad SMARTS) is 1. The minimum absolute atomic E-state index is 0.0623. The second kappa shape index (κ2) is 13.9. The Bertz CT molecular complexity index is 1810. The number of aromatic carboxylic acids is 1. The second-order valence-corrected chi connectivity index (χ2v) is 19.5. The van der Waals surface area contributed by atoms with Gasteiger partial charge in [0, 0.05) is 18.3 Å². The number of fused-ring (bicyclic) bond motifs is 7. The number of pyridine rings is 1. The van der Waals surface area contributed by atoms with Gasteiger partial charge >= 0.3 is 5.97 Å². The molecule has 1 aromatic heterocycles. The van der Waals surface area contributed by atoms with Gasteiger partial charge in [0.15, 0.2) is 0 Å². The highest BCUT2D eigenvalue weighted by Gasteiger charge is 2.71. The van der Waals surface area contributed by atoms with Crippen LogP contribution in [-0.4, -0.2) is 45.6 Å². The van der Waals surface area contributed by atoms with Crippen molar-refractivity contribution in [3.05, 3.63) is 77.1 Å². The number of aliphatic hydroxyl groups is 1. The Morgan fingerprint density at radius 2 is 1.63 bits per heavy atom. The van der Waals surface area contributed by atoms with Crippen LogP contribution in [0.15, 0.2) is 54.7 Å². The maximum atomic E-state index is 14.6. The number of hydrogen-bond donors (Lipinski definition) is 4. The predicted octanol–water partition coefficient (Wildman–Crippen LogP) is 8.39. The molecule has 1 heterocycles. The monoisotopic (exact) mass is 737 g/mol. The zero-order valence-electron chi connectivity index (χ0n) is 33.5. The fourth-order valence-electron chi connectivity index (χ4n) is 13.8. The summed E-state index contributed by atoms with van der Waals surface area (Å²) in [6.45, 7) is 19.9. The molecule has 4 N–H and O–H groups in total. The van der Waals surface area contributed by atoms with Crippen molar-refractivity contribution in [1.82, 2.24) is 15.6 Å². The van der Waals surface area contributed by atoms with Crippen LogP contribution in [0.5, 0.6) is 0 Å². The Labute approximate surface area is 322 Å². The van der Waals surface area contributed by atoms with Gasteiger partial charge in [-0.3, -0.25) is 14.6 Å². The van der Waals surface area contributed by atoms with Crippen LogP contribution in [0.4, 0.5) is 0 Å². The number of carbonyl (C=O) groups is 3. The van der Waals surface area contributed by atoms with Crippen molar-refractivity contribution in [1.29, 1.82) is 0 Å². The molecule has 1 aromatic carbocycles. The zero-order valence-corrected chi connectivity index (χ0v) is 33.5. The molecule has 0 radical (unpaired) electrons. The van der Waals surface area contributed by atoms with Crippen LogP contribution >= 0.6 is 0 Å². The van der Waals surface area contributed by atoms with Crippen molar-refractivity contribution in [3.63, 3.8) is 0 Å². The summed E-state index contributed by atoms with van der Waals surface area (Å²) in [5, 5.41) is 26.5. The Balaban J connectivity index is 1.04. The molecular weight excluding hydrogens is 675 g/mol.